The summed E-state index contributed by atoms with van der Waals surface area (Å²) in [6.07, 6.45) is 2.09. The number of nitrogens with one attached hydrogen (secondary N) is 2. The maximum absolute atomic E-state index is 12.1. The Kier molecular flexibility index (Phi) is 5.98. The smallest absolute Gasteiger partial charge is 0.313 e. The highest BCUT2D eigenvalue weighted by molar-refractivity contribution is 6.39. The standard InChI is InChI=1S/C19H27N3O4/c1-13(2)22-7-5-14(6-8-22)12-20-18(23)19(24)21-15-3-4-16-17(11-15)26-10-9-25-16/h3-4,11,13-14H,5-10,12H2,1-2H3,(H,20,23)(H,21,24). The maximum atomic E-state index is 12.1. The number of hydrogen-bond donors (Lipinski definition) is 2. The van der Waals surface area contributed by atoms with Crippen molar-refractivity contribution in [1.29, 1.82) is 0 Å². The molecule has 1 aromatic carbocycles. The van der Waals surface area contributed by atoms with Crippen LogP contribution >= 0.6 is 0 Å². The number of benzene rings is 1. The second-order valence-electron chi connectivity index (χ2n) is 7.10. The molecule has 1 aromatic rings. The van der Waals surface area contributed by atoms with Crippen molar-refractivity contribution in [3.05, 3.63) is 18.2 Å². The molecular formula is C19H27N3O4. The number of nitrogens with zero attached hydrogens (tertiary/aromatic N) is 1. The molecular weight excluding hydrogens is 334 g/mol. The van der Waals surface area contributed by atoms with Crippen LogP contribution in [0.25, 0.3) is 0 Å². The topological polar surface area (TPSA) is 79.9 Å². The number of hydrogen-bond acceptors (Lipinski definition) is 5. The highest BCUT2D eigenvalue weighted by Gasteiger charge is 2.22. The Morgan fingerprint density at radius 3 is 2.50 bits per heavy atom. The first-order valence-electron chi connectivity index (χ1n) is 9.26. The van der Waals surface area contributed by atoms with E-state index in [2.05, 4.69) is 29.4 Å². The van der Waals surface area contributed by atoms with E-state index in [1.54, 1.807) is 18.2 Å². The molecule has 0 atom stereocenters. The van der Waals surface area contributed by atoms with Crippen molar-refractivity contribution in [1.82, 2.24) is 10.2 Å². The highest BCUT2D eigenvalue weighted by Crippen LogP contribution is 2.32. The number of carbonyl (C=O) groups excluding carboxylic acids is 2. The highest BCUT2D eigenvalue weighted by atomic mass is 16.6. The molecule has 2 amide bonds. The van der Waals surface area contributed by atoms with Crippen LogP contribution in [-0.4, -0.2) is 55.6 Å². The van der Waals surface area contributed by atoms with Crippen LogP contribution in [0.2, 0.25) is 0 Å². The van der Waals surface area contributed by atoms with E-state index in [0.717, 1.165) is 25.9 Å². The van der Waals surface area contributed by atoms with Crippen LogP contribution in [0.1, 0.15) is 26.7 Å². The Balaban J connectivity index is 1.44. The molecule has 1 fully saturated rings. The minimum absolute atomic E-state index is 0.427. The Labute approximate surface area is 154 Å². The van der Waals surface area contributed by atoms with Gasteiger partial charge in [-0.3, -0.25) is 9.59 Å². The number of amides is 2. The van der Waals surface area contributed by atoms with E-state index >= 15 is 0 Å². The predicted molar refractivity (Wildman–Crippen MR) is 98.5 cm³/mol. The van der Waals surface area contributed by atoms with Gasteiger partial charge in [-0.1, -0.05) is 0 Å². The molecule has 0 bridgehead atoms. The van der Waals surface area contributed by atoms with E-state index in [-0.39, 0.29) is 0 Å². The molecule has 2 aliphatic heterocycles. The Morgan fingerprint density at radius 2 is 1.81 bits per heavy atom. The van der Waals surface area contributed by atoms with E-state index in [9.17, 15) is 9.59 Å². The average molecular weight is 361 g/mol. The Bertz CT molecular complexity index is 654. The molecule has 2 aliphatic rings. The van der Waals surface area contributed by atoms with Crippen molar-refractivity contribution in [3.63, 3.8) is 0 Å². The molecule has 0 saturated carbocycles. The first-order chi connectivity index (χ1) is 12.5. The van der Waals surface area contributed by atoms with Gasteiger partial charge in [-0.25, -0.2) is 0 Å². The summed E-state index contributed by atoms with van der Waals surface area (Å²) in [4.78, 5) is 26.6. The van der Waals surface area contributed by atoms with Gasteiger partial charge in [0.15, 0.2) is 11.5 Å². The number of carbonyl (C=O) groups is 2. The van der Waals surface area contributed by atoms with Crippen LogP contribution in [0, 0.1) is 5.92 Å². The second-order valence-corrected chi connectivity index (χ2v) is 7.10. The van der Waals surface area contributed by atoms with E-state index < -0.39 is 11.8 Å². The number of likely N-dealkylation sites (tertiary alicyclic amines) is 1. The van der Waals surface area contributed by atoms with Crippen molar-refractivity contribution in [2.24, 2.45) is 5.92 Å². The fourth-order valence-corrected chi connectivity index (χ4v) is 3.30. The lowest BCUT2D eigenvalue weighted by Gasteiger charge is -2.34. The second kappa shape index (κ2) is 8.40. The predicted octanol–water partition coefficient (Wildman–Crippen LogP) is 1.63. The first-order valence-corrected chi connectivity index (χ1v) is 9.26. The van der Waals surface area contributed by atoms with Crippen molar-refractivity contribution < 1.29 is 19.1 Å². The molecule has 142 valence electrons. The van der Waals surface area contributed by atoms with Crippen molar-refractivity contribution >= 4 is 17.5 Å². The normalized spacial score (nSPS) is 17.8. The Hall–Kier alpha value is -2.28. The lowest BCUT2D eigenvalue weighted by atomic mass is 9.96. The summed E-state index contributed by atoms with van der Waals surface area (Å²) in [5, 5.41) is 5.36. The lowest BCUT2D eigenvalue weighted by molar-refractivity contribution is -0.136. The van der Waals surface area contributed by atoms with Crippen LogP contribution in [-0.2, 0) is 9.59 Å². The van der Waals surface area contributed by atoms with Crippen molar-refractivity contribution in [2.75, 3.05) is 38.2 Å². The molecule has 26 heavy (non-hydrogen) atoms. The zero-order chi connectivity index (χ0) is 18.5. The van der Waals surface area contributed by atoms with Gasteiger partial charge in [0.05, 0.1) is 0 Å². The van der Waals surface area contributed by atoms with Gasteiger partial charge in [0, 0.05) is 24.3 Å². The maximum Gasteiger partial charge on any atom is 0.313 e. The molecule has 7 heteroatoms. The van der Waals surface area contributed by atoms with Crippen LogP contribution in [0.3, 0.4) is 0 Å². The van der Waals surface area contributed by atoms with Gasteiger partial charge < -0.3 is 25.0 Å². The quantitative estimate of drug-likeness (QED) is 0.797. The third-order valence-corrected chi connectivity index (χ3v) is 4.94. The third kappa shape index (κ3) is 4.66. The largest absolute Gasteiger partial charge is 0.486 e. The number of rotatable bonds is 4. The molecule has 2 N–H and O–H groups in total. The van der Waals surface area contributed by atoms with Gasteiger partial charge in [0.25, 0.3) is 0 Å². The molecule has 1 saturated heterocycles. The van der Waals surface area contributed by atoms with Gasteiger partial charge in [-0.15, -0.1) is 0 Å². The number of ether oxygens (including phenoxy) is 2. The summed E-state index contributed by atoms with van der Waals surface area (Å²) in [7, 11) is 0. The lowest BCUT2D eigenvalue weighted by Crippen LogP contribution is -2.43. The summed E-state index contributed by atoms with van der Waals surface area (Å²) in [5.74, 6) is 0.376. The summed E-state index contributed by atoms with van der Waals surface area (Å²) in [5.41, 5.74) is 0.514. The SMILES string of the molecule is CC(C)N1CCC(CNC(=O)C(=O)Nc2ccc3c(c2)OCCO3)CC1. The van der Waals surface area contributed by atoms with E-state index in [0.29, 0.717) is 48.9 Å². The summed E-state index contributed by atoms with van der Waals surface area (Å²) in [6, 6.07) is 5.65. The fourth-order valence-electron chi connectivity index (χ4n) is 3.30. The number of piperidine rings is 1. The molecule has 0 radical (unpaired) electrons. The van der Waals surface area contributed by atoms with Gasteiger partial charge in [0.1, 0.15) is 13.2 Å². The van der Waals surface area contributed by atoms with Crippen LogP contribution in [0.5, 0.6) is 11.5 Å². The first kappa shape index (κ1) is 18.5. The van der Waals surface area contributed by atoms with E-state index in [1.807, 2.05) is 0 Å². The van der Waals surface area contributed by atoms with Crippen LogP contribution < -0.4 is 20.1 Å². The molecule has 2 heterocycles. The van der Waals surface area contributed by atoms with Gasteiger partial charge in [-0.2, -0.15) is 0 Å². The summed E-state index contributed by atoms with van der Waals surface area (Å²) < 4.78 is 10.9. The van der Waals surface area contributed by atoms with E-state index in [1.165, 1.54) is 0 Å². The van der Waals surface area contributed by atoms with Crippen molar-refractivity contribution in [2.45, 2.75) is 32.7 Å². The molecule has 0 aromatic heterocycles. The number of anilines is 1. The zero-order valence-corrected chi connectivity index (χ0v) is 15.4. The Morgan fingerprint density at radius 1 is 1.12 bits per heavy atom. The molecule has 7 nitrogen and oxygen atoms in total. The molecule has 3 rings (SSSR count). The van der Waals surface area contributed by atoms with Gasteiger partial charge in [0.2, 0.25) is 0 Å². The average Bonchev–Trinajstić information content (AvgIpc) is 2.66. The monoisotopic (exact) mass is 361 g/mol. The molecule has 0 unspecified atom stereocenters. The van der Waals surface area contributed by atoms with Crippen molar-refractivity contribution in [3.8, 4) is 11.5 Å². The summed E-state index contributed by atoms with van der Waals surface area (Å²) >= 11 is 0. The molecule has 0 aliphatic carbocycles. The minimum Gasteiger partial charge on any atom is -0.486 e. The summed E-state index contributed by atoms with van der Waals surface area (Å²) in [6.45, 7) is 8.01. The van der Waals surface area contributed by atoms with Gasteiger partial charge in [-0.05, 0) is 57.8 Å². The van der Waals surface area contributed by atoms with Gasteiger partial charge >= 0.3 is 11.8 Å². The fraction of sp³-hybridized carbons (Fsp3) is 0.579. The molecule has 0 spiro atoms. The third-order valence-electron chi connectivity index (χ3n) is 4.94. The minimum atomic E-state index is -0.665. The van der Waals surface area contributed by atoms with Crippen LogP contribution in [0.15, 0.2) is 18.2 Å². The van der Waals surface area contributed by atoms with Crippen LogP contribution in [0.4, 0.5) is 5.69 Å². The van der Waals surface area contributed by atoms with E-state index in [4.69, 9.17) is 9.47 Å². The zero-order valence-electron chi connectivity index (χ0n) is 15.4. The number of fused-ring (bicyclic) bond motifs is 1.